The van der Waals surface area contributed by atoms with Crippen molar-refractivity contribution in [3.8, 4) is 0 Å². The van der Waals surface area contributed by atoms with Gasteiger partial charge in [0, 0.05) is 24.6 Å². The molecule has 1 aliphatic heterocycles. The van der Waals surface area contributed by atoms with Gasteiger partial charge in [-0.2, -0.15) is 0 Å². The van der Waals surface area contributed by atoms with Crippen molar-refractivity contribution in [1.82, 2.24) is 10.6 Å². The monoisotopic (exact) mass is 308 g/mol. The Morgan fingerprint density at radius 3 is 2.68 bits per heavy atom. The Hall–Kier alpha value is -1.49. The Morgan fingerprint density at radius 1 is 1.32 bits per heavy atom. The van der Waals surface area contributed by atoms with Crippen LogP contribution in [0.15, 0.2) is 18.2 Å². The van der Waals surface area contributed by atoms with Crippen LogP contribution in [0.1, 0.15) is 38.2 Å². The number of piperidine rings is 1. The van der Waals surface area contributed by atoms with Crippen LogP contribution < -0.4 is 10.6 Å². The lowest BCUT2D eigenvalue weighted by atomic mass is 9.81. The van der Waals surface area contributed by atoms with E-state index in [4.69, 9.17) is 0 Å². The van der Waals surface area contributed by atoms with Crippen LogP contribution in [0.2, 0.25) is 0 Å². The summed E-state index contributed by atoms with van der Waals surface area (Å²) in [5.74, 6) is -1.06. The van der Waals surface area contributed by atoms with Gasteiger partial charge in [0.2, 0.25) is 5.91 Å². The first-order chi connectivity index (χ1) is 10.5. The lowest BCUT2D eigenvalue weighted by Crippen LogP contribution is -2.50. The van der Waals surface area contributed by atoms with Crippen LogP contribution in [0.4, 0.5) is 8.78 Å². The predicted molar refractivity (Wildman–Crippen MR) is 80.5 cm³/mol. The molecule has 0 radical (unpaired) electrons. The molecule has 1 saturated heterocycles. The molecular formula is C17H22F2N2O. The molecule has 1 heterocycles. The van der Waals surface area contributed by atoms with Gasteiger partial charge in [0.15, 0.2) is 0 Å². The SMILES string of the molecule is C[C@]1(C(=O)NCC2(c3ccc(F)cc3F)CC2)CCCNC1. The third kappa shape index (κ3) is 2.86. The van der Waals surface area contributed by atoms with Crippen LogP contribution >= 0.6 is 0 Å². The Kier molecular flexibility index (Phi) is 3.93. The van der Waals surface area contributed by atoms with Crippen molar-refractivity contribution in [1.29, 1.82) is 0 Å². The van der Waals surface area contributed by atoms with Crippen molar-refractivity contribution in [2.75, 3.05) is 19.6 Å². The number of hydrogen-bond donors (Lipinski definition) is 2. The zero-order chi connectivity index (χ0) is 15.8. The summed E-state index contributed by atoms with van der Waals surface area (Å²) < 4.78 is 27.0. The number of hydrogen-bond acceptors (Lipinski definition) is 2. The summed E-state index contributed by atoms with van der Waals surface area (Å²) in [6.45, 7) is 4.01. The van der Waals surface area contributed by atoms with Crippen LogP contribution in [0.3, 0.4) is 0 Å². The van der Waals surface area contributed by atoms with Gasteiger partial charge < -0.3 is 10.6 Å². The summed E-state index contributed by atoms with van der Waals surface area (Å²) in [5.41, 5.74) is -0.234. The molecule has 0 bridgehead atoms. The molecule has 5 heteroatoms. The van der Waals surface area contributed by atoms with Gasteiger partial charge >= 0.3 is 0 Å². The molecular weight excluding hydrogens is 286 g/mol. The Bertz CT molecular complexity index is 578. The van der Waals surface area contributed by atoms with Gasteiger partial charge in [0.25, 0.3) is 0 Å². The van der Waals surface area contributed by atoms with Crippen LogP contribution in [0.25, 0.3) is 0 Å². The maximum atomic E-state index is 14.0. The second-order valence-electron chi connectivity index (χ2n) is 6.93. The predicted octanol–water partition coefficient (Wildman–Crippen LogP) is 2.50. The van der Waals surface area contributed by atoms with E-state index >= 15 is 0 Å². The van der Waals surface area contributed by atoms with Crippen molar-refractivity contribution in [2.45, 2.75) is 38.0 Å². The lowest BCUT2D eigenvalue weighted by Gasteiger charge is -2.33. The van der Waals surface area contributed by atoms with E-state index in [9.17, 15) is 13.6 Å². The van der Waals surface area contributed by atoms with Crippen molar-refractivity contribution in [3.05, 3.63) is 35.4 Å². The Morgan fingerprint density at radius 2 is 2.09 bits per heavy atom. The standard InChI is InChI=1S/C17H22F2N2O/c1-16(5-2-8-20-10-16)15(22)21-11-17(6-7-17)13-4-3-12(18)9-14(13)19/h3-4,9,20H,2,5-8,10-11H2,1H3,(H,21,22)/t16-/m0/s1. The number of amides is 1. The summed E-state index contributed by atoms with van der Waals surface area (Å²) in [5, 5.41) is 6.25. The zero-order valence-corrected chi connectivity index (χ0v) is 12.8. The number of halogens is 2. The average Bonchev–Trinajstić information content (AvgIpc) is 3.26. The first kappa shape index (κ1) is 15.4. The zero-order valence-electron chi connectivity index (χ0n) is 12.8. The molecule has 0 aromatic heterocycles. The van der Waals surface area contributed by atoms with Gasteiger partial charge in [0.05, 0.1) is 5.41 Å². The summed E-state index contributed by atoms with van der Waals surface area (Å²) in [4.78, 5) is 12.5. The van der Waals surface area contributed by atoms with E-state index in [2.05, 4.69) is 10.6 Å². The second kappa shape index (κ2) is 5.61. The fourth-order valence-corrected chi connectivity index (χ4v) is 3.32. The summed E-state index contributed by atoms with van der Waals surface area (Å²) in [7, 11) is 0. The van der Waals surface area contributed by atoms with E-state index in [1.807, 2.05) is 6.92 Å². The van der Waals surface area contributed by atoms with Crippen LogP contribution in [-0.4, -0.2) is 25.5 Å². The molecule has 0 unspecified atom stereocenters. The van der Waals surface area contributed by atoms with Crippen molar-refractivity contribution in [2.24, 2.45) is 5.41 Å². The van der Waals surface area contributed by atoms with E-state index in [1.54, 1.807) is 0 Å². The Balaban J connectivity index is 1.67. The molecule has 1 aromatic rings. The van der Waals surface area contributed by atoms with Crippen LogP contribution in [-0.2, 0) is 10.2 Å². The third-order valence-electron chi connectivity index (χ3n) is 5.09. The number of carbonyl (C=O) groups excluding carboxylic acids is 1. The molecule has 1 aromatic carbocycles. The summed E-state index contributed by atoms with van der Waals surface area (Å²) >= 11 is 0. The number of carbonyl (C=O) groups is 1. The molecule has 2 N–H and O–H groups in total. The topological polar surface area (TPSA) is 41.1 Å². The largest absolute Gasteiger partial charge is 0.355 e. The fraction of sp³-hybridized carbons (Fsp3) is 0.588. The molecule has 1 saturated carbocycles. The third-order valence-corrected chi connectivity index (χ3v) is 5.09. The number of rotatable bonds is 4. The first-order valence-electron chi connectivity index (χ1n) is 7.90. The smallest absolute Gasteiger partial charge is 0.227 e. The van der Waals surface area contributed by atoms with E-state index in [-0.39, 0.29) is 11.3 Å². The molecule has 2 aliphatic rings. The number of benzene rings is 1. The maximum absolute atomic E-state index is 14.0. The average molecular weight is 308 g/mol. The highest BCUT2D eigenvalue weighted by atomic mass is 19.1. The second-order valence-corrected chi connectivity index (χ2v) is 6.93. The van der Waals surface area contributed by atoms with E-state index in [0.29, 0.717) is 18.7 Å². The molecule has 1 atom stereocenters. The van der Waals surface area contributed by atoms with E-state index < -0.39 is 17.0 Å². The highest BCUT2D eigenvalue weighted by Gasteiger charge is 2.47. The fourth-order valence-electron chi connectivity index (χ4n) is 3.32. The normalized spacial score (nSPS) is 26.5. The van der Waals surface area contributed by atoms with E-state index in [0.717, 1.165) is 38.3 Å². The first-order valence-corrected chi connectivity index (χ1v) is 7.90. The molecule has 3 rings (SSSR count). The highest BCUT2D eigenvalue weighted by Crippen LogP contribution is 2.48. The van der Waals surface area contributed by atoms with E-state index in [1.165, 1.54) is 12.1 Å². The van der Waals surface area contributed by atoms with Gasteiger partial charge in [-0.25, -0.2) is 8.78 Å². The van der Waals surface area contributed by atoms with Crippen molar-refractivity contribution in [3.63, 3.8) is 0 Å². The number of nitrogens with one attached hydrogen (secondary N) is 2. The lowest BCUT2D eigenvalue weighted by molar-refractivity contribution is -0.131. The quantitative estimate of drug-likeness (QED) is 0.897. The highest BCUT2D eigenvalue weighted by molar-refractivity contribution is 5.82. The van der Waals surface area contributed by atoms with Crippen molar-refractivity contribution >= 4 is 5.91 Å². The molecule has 22 heavy (non-hydrogen) atoms. The van der Waals surface area contributed by atoms with Gasteiger partial charge in [0.1, 0.15) is 11.6 Å². The van der Waals surface area contributed by atoms with Gasteiger partial charge in [-0.1, -0.05) is 6.07 Å². The molecule has 2 fully saturated rings. The summed E-state index contributed by atoms with van der Waals surface area (Å²) in [6.07, 6.45) is 3.50. The molecule has 3 nitrogen and oxygen atoms in total. The van der Waals surface area contributed by atoms with Crippen LogP contribution in [0.5, 0.6) is 0 Å². The molecule has 120 valence electrons. The van der Waals surface area contributed by atoms with Crippen molar-refractivity contribution < 1.29 is 13.6 Å². The molecule has 1 amide bonds. The minimum absolute atomic E-state index is 0.0218. The minimum Gasteiger partial charge on any atom is -0.355 e. The minimum atomic E-state index is -0.568. The summed E-state index contributed by atoms with van der Waals surface area (Å²) in [6, 6.07) is 3.71. The molecule has 1 aliphatic carbocycles. The van der Waals surface area contributed by atoms with Gasteiger partial charge in [-0.3, -0.25) is 4.79 Å². The van der Waals surface area contributed by atoms with Crippen LogP contribution in [0, 0.1) is 17.0 Å². The molecule has 0 spiro atoms. The maximum Gasteiger partial charge on any atom is 0.227 e. The van der Waals surface area contributed by atoms with Gasteiger partial charge in [-0.05, 0) is 50.8 Å². The van der Waals surface area contributed by atoms with Gasteiger partial charge in [-0.15, -0.1) is 0 Å². The Labute approximate surface area is 129 Å².